The number of nitrogens with zero attached hydrogens (tertiary/aromatic N) is 1. The van der Waals surface area contributed by atoms with Crippen molar-refractivity contribution in [1.29, 1.82) is 0 Å². The highest BCUT2D eigenvalue weighted by molar-refractivity contribution is 5.98. The third kappa shape index (κ3) is 5.19. The monoisotopic (exact) mass is 445 g/mol. The van der Waals surface area contributed by atoms with Crippen LogP contribution in [0, 0.1) is 18.7 Å². The van der Waals surface area contributed by atoms with Gasteiger partial charge in [0.05, 0.1) is 18.7 Å². The number of ether oxygens (including phenoxy) is 1. The summed E-state index contributed by atoms with van der Waals surface area (Å²) in [6, 6.07) is 5.52. The molecule has 6 N–H and O–H groups in total. The SMILES string of the molecule is COc1cc(Nc2nc(N[C@H](C3CCC3)[C@H](C)NC(=O)O)c(F)cc2C(N)=O)ccc1C. The Balaban J connectivity index is 1.94. The van der Waals surface area contributed by atoms with Gasteiger partial charge >= 0.3 is 6.09 Å². The van der Waals surface area contributed by atoms with Gasteiger partial charge in [-0.2, -0.15) is 0 Å². The first-order chi connectivity index (χ1) is 15.2. The molecule has 0 aliphatic heterocycles. The second-order valence-electron chi connectivity index (χ2n) is 7.99. The van der Waals surface area contributed by atoms with E-state index in [1.54, 1.807) is 26.2 Å². The number of hydrogen-bond acceptors (Lipinski definition) is 6. The maximum atomic E-state index is 14.9. The van der Waals surface area contributed by atoms with E-state index in [9.17, 15) is 14.0 Å². The standard InChI is InChI=1S/C22H28FN5O4/c1-11-7-8-14(9-17(11)32-3)26-20-15(19(24)29)10-16(23)21(28-20)27-18(13-5-4-6-13)12(2)25-22(30)31/h7-10,12-13,18,25H,4-6H2,1-3H3,(H2,24,29)(H,30,31)(H2,26,27,28)/t12-,18-/m0/s1. The van der Waals surface area contributed by atoms with Crippen molar-refractivity contribution in [3.05, 3.63) is 41.2 Å². The van der Waals surface area contributed by atoms with Crippen LogP contribution in [0.1, 0.15) is 42.1 Å². The number of pyridine rings is 1. The molecule has 1 aliphatic carbocycles. The Morgan fingerprint density at radius 3 is 2.56 bits per heavy atom. The van der Waals surface area contributed by atoms with E-state index in [1.165, 1.54) is 0 Å². The number of halogens is 1. The number of carbonyl (C=O) groups is 2. The molecule has 1 fully saturated rings. The smallest absolute Gasteiger partial charge is 0.404 e. The van der Waals surface area contributed by atoms with E-state index in [4.69, 9.17) is 15.6 Å². The Bertz CT molecular complexity index is 1010. The zero-order valence-corrected chi connectivity index (χ0v) is 18.2. The van der Waals surface area contributed by atoms with Gasteiger partial charge in [-0.05, 0) is 50.3 Å². The van der Waals surface area contributed by atoms with Crippen molar-refractivity contribution >= 4 is 29.3 Å². The molecule has 9 nitrogen and oxygen atoms in total. The minimum atomic E-state index is -1.16. The number of nitrogens with two attached hydrogens (primary N) is 1. The van der Waals surface area contributed by atoms with Crippen molar-refractivity contribution < 1.29 is 23.8 Å². The van der Waals surface area contributed by atoms with E-state index >= 15 is 0 Å². The quantitative estimate of drug-likeness (QED) is 0.397. The predicted molar refractivity (Wildman–Crippen MR) is 119 cm³/mol. The number of aryl methyl sites for hydroxylation is 1. The average Bonchev–Trinajstić information content (AvgIpc) is 2.68. The van der Waals surface area contributed by atoms with Crippen LogP contribution in [-0.2, 0) is 0 Å². The van der Waals surface area contributed by atoms with Crippen molar-refractivity contribution in [3.8, 4) is 5.75 Å². The number of rotatable bonds is 9. The number of carboxylic acid groups (broad SMARTS) is 1. The summed E-state index contributed by atoms with van der Waals surface area (Å²) in [5.74, 6) is -0.786. The summed E-state index contributed by atoms with van der Waals surface area (Å²) in [7, 11) is 1.55. The third-order valence-electron chi connectivity index (χ3n) is 5.76. The number of anilines is 3. The Labute approximate surface area is 185 Å². The number of carbonyl (C=O) groups excluding carboxylic acids is 1. The summed E-state index contributed by atoms with van der Waals surface area (Å²) < 4.78 is 20.2. The molecule has 0 bridgehead atoms. The summed E-state index contributed by atoms with van der Waals surface area (Å²) in [6.07, 6.45) is 1.68. The summed E-state index contributed by atoms with van der Waals surface area (Å²) in [6.45, 7) is 3.61. The predicted octanol–water partition coefficient (Wildman–Crippen LogP) is 3.62. The van der Waals surface area contributed by atoms with Gasteiger partial charge in [-0.15, -0.1) is 0 Å². The topological polar surface area (TPSA) is 139 Å². The number of methoxy groups -OCH3 is 1. The van der Waals surface area contributed by atoms with Crippen LogP contribution >= 0.6 is 0 Å². The molecule has 1 aliphatic rings. The summed E-state index contributed by atoms with van der Waals surface area (Å²) in [5, 5.41) is 17.6. The highest BCUT2D eigenvalue weighted by Gasteiger charge is 2.33. The zero-order chi connectivity index (χ0) is 23.4. The molecule has 1 heterocycles. The van der Waals surface area contributed by atoms with E-state index in [0.717, 1.165) is 30.9 Å². The Kier molecular flexibility index (Phi) is 7.01. The lowest BCUT2D eigenvalue weighted by atomic mass is 9.77. The van der Waals surface area contributed by atoms with E-state index < -0.39 is 23.9 Å². The van der Waals surface area contributed by atoms with Gasteiger partial charge in [0, 0.05) is 17.8 Å². The fourth-order valence-electron chi connectivity index (χ4n) is 3.80. The van der Waals surface area contributed by atoms with Crippen molar-refractivity contribution in [2.45, 2.75) is 45.2 Å². The fraction of sp³-hybridized carbons (Fsp3) is 0.409. The van der Waals surface area contributed by atoms with Crippen LogP contribution in [0.3, 0.4) is 0 Å². The number of nitrogens with one attached hydrogen (secondary N) is 3. The first-order valence-electron chi connectivity index (χ1n) is 10.4. The first kappa shape index (κ1) is 23.1. The van der Waals surface area contributed by atoms with Gasteiger partial charge in [-0.25, -0.2) is 14.2 Å². The van der Waals surface area contributed by atoms with Gasteiger partial charge < -0.3 is 31.5 Å². The fourth-order valence-corrected chi connectivity index (χ4v) is 3.80. The third-order valence-corrected chi connectivity index (χ3v) is 5.76. The number of primary amides is 1. The lowest BCUT2D eigenvalue weighted by molar-refractivity contribution is 0.1000. The van der Waals surface area contributed by atoms with Crippen LogP contribution in [-0.4, -0.2) is 41.3 Å². The molecule has 32 heavy (non-hydrogen) atoms. The number of aromatic nitrogens is 1. The molecule has 2 atom stereocenters. The maximum absolute atomic E-state index is 14.9. The molecule has 172 valence electrons. The molecular formula is C22H28FN5O4. The summed E-state index contributed by atoms with van der Waals surface area (Å²) in [4.78, 5) is 27.3. The molecule has 3 rings (SSSR count). The van der Waals surface area contributed by atoms with Crippen molar-refractivity contribution in [1.82, 2.24) is 10.3 Å². The molecule has 2 amide bonds. The van der Waals surface area contributed by atoms with Crippen LogP contribution in [0.15, 0.2) is 24.3 Å². The van der Waals surface area contributed by atoms with Crippen LogP contribution < -0.4 is 26.4 Å². The van der Waals surface area contributed by atoms with E-state index in [2.05, 4.69) is 20.9 Å². The van der Waals surface area contributed by atoms with Crippen LogP contribution in [0.2, 0.25) is 0 Å². The first-order valence-corrected chi connectivity index (χ1v) is 10.4. The van der Waals surface area contributed by atoms with Gasteiger partial charge in [0.25, 0.3) is 5.91 Å². The molecule has 1 saturated carbocycles. The van der Waals surface area contributed by atoms with Gasteiger partial charge in [0.1, 0.15) is 11.6 Å². The van der Waals surface area contributed by atoms with E-state index in [-0.39, 0.29) is 29.2 Å². The number of amides is 2. The summed E-state index contributed by atoms with van der Waals surface area (Å²) in [5.41, 5.74) is 6.84. The largest absolute Gasteiger partial charge is 0.496 e. The Morgan fingerprint density at radius 2 is 2.00 bits per heavy atom. The molecule has 0 unspecified atom stereocenters. The zero-order valence-electron chi connectivity index (χ0n) is 18.2. The van der Waals surface area contributed by atoms with Crippen molar-refractivity contribution in [2.24, 2.45) is 11.7 Å². The molecule has 0 spiro atoms. The second-order valence-corrected chi connectivity index (χ2v) is 7.99. The number of hydrogen-bond donors (Lipinski definition) is 5. The molecule has 0 saturated heterocycles. The lowest BCUT2D eigenvalue weighted by Gasteiger charge is -2.38. The lowest BCUT2D eigenvalue weighted by Crippen LogP contribution is -2.50. The van der Waals surface area contributed by atoms with E-state index in [0.29, 0.717) is 11.4 Å². The number of benzene rings is 1. The molecule has 1 aromatic heterocycles. The average molecular weight is 445 g/mol. The normalized spacial score (nSPS) is 15.2. The Hall–Kier alpha value is -3.56. The highest BCUT2D eigenvalue weighted by Crippen LogP contribution is 2.34. The molecule has 2 aromatic rings. The Morgan fingerprint density at radius 1 is 1.28 bits per heavy atom. The van der Waals surface area contributed by atoms with E-state index in [1.807, 2.05) is 13.0 Å². The highest BCUT2D eigenvalue weighted by atomic mass is 19.1. The minimum Gasteiger partial charge on any atom is -0.496 e. The van der Waals surface area contributed by atoms with Crippen LogP contribution in [0.25, 0.3) is 0 Å². The molecule has 0 radical (unpaired) electrons. The maximum Gasteiger partial charge on any atom is 0.404 e. The molecule has 10 heteroatoms. The minimum absolute atomic E-state index is 0.0820. The van der Waals surface area contributed by atoms with Gasteiger partial charge in [0.2, 0.25) is 0 Å². The molecule has 1 aromatic carbocycles. The second kappa shape index (κ2) is 9.71. The van der Waals surface area contributed by atoms with Crippen LogP contribution in [0.5, 0.6) is 5.75 Å². The van der Waals surface area contributed by atoms with Gasteiger partial charge in [-0.1, -0.05) is 12.5 Å². The van der Waals surface area contributed by atoms with Crippen molar-refractivity contribution in [2.75, 3.05) is 17.7 Å². The summed E-state index contributed by atoms with van der Waals surface area (Å²) >= 11 is 0. The van der Waals surface area contributed by atoms with Crippen LogP contribution in [0.4, 0.5) is 26.5 Å². The van der Waals surface area contributed by atoms with Crippen molar-refractivity contribution in [3.63, 3.8) is 0 Å². The van der Waals surface area contributed by atoms with Gasteiger partial charge in [-0.3, -0.25) is 4.79 Å². The van der Waals surface area contributed by atoms with Gasteiger partial charge in [0.15, 0.2) is 11.6 Å². The molecular weight excluding hydrogens is 417 g/mol.